The van der Waals surface area contributed by atoms with Gasteiger partial charge in [0.05, 0.1) is 0 Å². The summed E-state index contributed by atoms with van der Waals surface area (Å²) in [4.78, 5) is 25.3. The van der Waals surface area contributed by atoms with E-state index >= 15 is 0 Å². The summed E-state index contributed by atoms with van der Waals surface area (Å²) in [7, 11) is 0. The number of urea groups is 1. The Morgan fingerprint density at radius 1 is 1.13 bits per heavy atom. The molecule has 0 aliphatic carbocycles. The number of aromatic nitrogens is 3. The van der Waals surface area contributed by atoms with Crippen LogP contribution in [0.5, 0.6) is 0 Å². The van der Waals surface area contributed by atoms with E-state index in [1.807, 2.05) is 26.0 Å². The number of anilines is 1. The number of carbonyl (C=O) groups excluding carboxylic acids is 1. The van der Waals surface area contributed by atoms with Crippen molar-refractivity contribution in [2.75, 3.05) is 31.1 Å². The van der Waals surface area contributed by atoms with E-state index in [2.05, 4.69) is 25.3 Å². The maximum atomic E-state index is 13.0. The molecule has 3 aromatic rings. The van der Waals surface area contributed by atoms with Gasteiger partial charge in [-0.15, -0.1) is 0 Å². The van der Waals surface area contributed by atoms with Crippen molar-refractivity contribution in [1.29, 1.82) is 0 Å². The third-order valence-electron chi connectivity index (χ3n) is 5.19. The Kier molecular flexibility index (Phi) is 6.11. The van der Waals surface area contributed by atoms with E-state index in [1.165, 1.54) is 12.1 Å². The minimum absolute atomic E-state index is 0.120. The van der Waals surface area contributed by atoms with Crippen LogP contribution in [0.4, 0.5) is 15.0 Å². The summed E-state index contributed by atoms with van der Waals surface area (Å²) in [5.41, 5.74) is 1.66. The van der Waals surface area contributed by atoms with E-state index in [-0.39, 0.29) is 17.8 Å². The number of hydrogen-bond acceptors (Lipinski definition) is 6. The smallest absolute Gasteiger partial charge is 0.317 e. The third kappa shape index (κ3) is 4.99. The number of rotatable bonds is 5. The second-order valence-corrected chi connectivity index (χ2v) is 7.78. The van der Waals surface area contributed by atoms with E-state index in [0.29, 0.717) is 44.4 Å². The number of hydrogen-bond donors (Lipinski definition) is 1. The first kappa shape index (κ1) is 20.8. The van der Waals surface area contributed by atoms with Crippen molar-refractivity contribution in [3.8, 4) is 11.4 Å². The van der Waals surface area contributed by atoms with Crippen molar-refractivity contribution in [3.63, 3.8) is 0 Å². The maximum Gasteiger partial charge on any atom is 0.317 e. The van der Waals surface area contributed by atoms with Gasteiger partial charge in [0.25, 0.3) is 0 Å². The number of carbonyl (C=O) groups is 1. The predicted molar refractivity (Wildman–Crippen MR) is 114 cm³/mol. The van der Waals surface area contributed by atoms with E-state index < -0.39 is 0 Å². The summed E-state index contributed by atoms with van der Waals surface area (Å²) in [6.45, 7) is 6.95. The molecule has 1 aliphatic heterocycles. The van der Waals surface area contributed by atoms with Crippen LogP contribution in [0.25, 0.3) is 11.4 Å². The van der Waals surface area contributed by atoms with Gasteiger partial charge in [0, 0.05) is 50.4 Å². The number of piperazine rings is 1. The molecule has 31 heavy (non-hydrogen) atoms. The summed E-state index contributed by atoms with van der Waals surface area (Å²) in [6, 6.07) is 9.86. The molecular weight excluding hydrogens is 399 g/mol. The minimum atomic E-state index is -0.287. The minimum Gasteiger partial charge on any atom is -0.353 e. The lowest BCUT2D eigenvalue weighted by atomic mass is 10.2. The molecule has 162 valence electrons. The number of nitrogens with zero attached hydrogens (tertiary/aromatic N) is 5. The molecule has 0 unspecified atom stereocenters. The van der Waals surface area contributed by atoms with Gasteiger partial charge in [-0.3, -0.25) is 0 Å². The first-order valence-corrected chi connectivity index (χ1v) is 10.3. The number of pyridine rings is 1. The van der Waals surface area contributed by atoms with E-state index in [1.54, 1.807) is 23.2 Å². The van der Waals surface area contributed by atoms with Gasteiger partial charge in [-0.05, 0) is 29.8 Å². The molecule has 0 spiro atoms. The second-order valence-electron chi connectivity index (χ2n) is 7.78. The fourth-order valence-corrected chi connectivity index (χ4v) is 3.32. The SMILES string of the molecule is CC(C)c1nc(-c2ccc(N3CCN(C(=O)NCc4ccc(F)cc4)CC3)nc2)no1. The lowest BCUT2D eigenvalue weighted by Gasteiger charge is -2.35. The van der Waals surface area contributed by atoms with Crippen LogP contribution in [0.15, 0.2) is 47.1 Å². The summed E-state index contributed by atoms with van der Waals surface area (Å²) in [5, 5.41) is 6.90. The molecule has 1 N–H and O–H groups in total. The highest BCUT2D eigenvalue weighted by Crippen LogP contribution is 2.21. The van der Waals surface area contributed by atoms with Crippen LogP contribution >= 0.6 is 0 Å². The Morgan fingerprint density at radius 2 is 1.87 bits per heavy atom. The van der Waals surface area contributed by atoms with Gasteiger partial charge in [0.15, 0.2) is 0 Å². The van der Waals surface area contributed by atoms with Crippen molar-refractivity contribution >= 4 is 11.8 Å². The first-order valence-electron chi connectivity index (χ1n) is 10.3. The van der Waals surface area contributed by atoms with E-state index in [0.717, 1.165) is 16.9 Å². The molecule has 3 heterocycles. The molecule has 0 saturated carbocycles. The standard InChI is InChI=1S/C22H25FN6O2/c1-15(2)21-26-20(27-31-21)17-5-8-19(24-14-17)28-9-11-29(12-10-28)22(30)25-13-16-3-6-18(23)7-4-16/h3-8,14-15H,9-13H2,1-2H3,(H,25,30). The molecule has 0 atom stereocenters. The normalized spacial score (nSPS) is 14.2. The highest BCUT2D eigenvalue weighted by Gasteiger charge is 2.22. The molecule has 0 bridgehead atoms. The van der Waals surface area contributed by atoms with Crippen molar-refractivity contribution in [2.24, 2.45) is 0 Å². The monoisotopic (exact) mass is 424 g/mol. The number of halogens is 1. The largest absolute Gasteiger partial charge is 0.353 e. The Hall–Kier alpha value is -3.49. The zero-order valence-corrected chi connectivity index (χ0v) is 17.6. The van der Waals surface area contributed by atoms with Gasteiger partial charge >= 0.3 is 6.03 Å². The summed E-state index contributed by atoms with van der Waals surface area (Å²) < 4.78 is 18.2. The number of nitrogens with one attached hydrogen (secondary N) is 1. The molecule has 1 aliphatic rings. The lowest BCUT2D eigenvalue weighted by molar-refractivity contribution is 0.194. The van der Waals surface area contributed by atoms with Gasteiger partial charge in [0.2, 0.25) is 11.7 Å². The Morgan fingerprint density at radius 3 is 2.48 bits per heavy atom. The van der Waals surface area contributed by atoms with Crippen molar-refractivity contribution < 1.29 is 13.7 Å². The fraction of sp³-hybridized carbons (Fsp3) is 0.364. The van der Waals surface area contributed by atoms with Crippen LogP contribution in [0, 0.1) is 5.82 Å². The van der Waals surface area contributed by atoms with Crippen molar-refractivity contribution in [3.05, 3.63) is 59.9 Å². The molecule has 1 saturated heterocycles. The van der Waals surface area contributed by atoms with Crippen LogP contribution in [0.2, 0.25) is 0 Å². The Balaban J connectivity index is 1.28. The van der Waals surface area contributed by atoms with Gasteiger partial charge in [-0.25, -0.2) is 14.2 Å². The van der Waals surface area contributed by atoms with Crippen LogP contribution in [0.1, 0.15) is 31.2 Å². The Labute approximate surface area is 180 Å². The zero-order chi connectivity index (χ0) is 21.8. The highest BCUT2D eigenvalue weighted by molar-refractivity contribution is 5.74. The highest BCUT2D eigenvalue weighted by atomic mass is 19.1. The van der Waals surface area contributed by atoms with Crippen LogP contribution in [0.3, 0.4) is 0 Å². The number of benzene rings is 1. The van der Waals surface area contributed by atoms with Crippen molar-refractivity contribution in [2.45, 2.75) is 26.3 Å². The molecule has 1 aromatic carbocycles. The van der Waals surface area contributed by atoms with Crippen molar-refractivity contribution in [1.82, 2.24) is 25.3 Å². The third-order valence-corrected chi connectivity index (χ3v) is 5.19. The van der Waals surface area contributed by atoms with Crippen LogP contribution in [-0.2, 0) is 6.54 Å². The summed E-state index contributed by atoms with van der Waals surface area (Å²) in [6.07, 6.45) is 1.74. The lowest BCUT2D eigenvalue weighted by Crippen LogP contribution is -2.51. The summed E-state index contributed by atoms with van der Waals surface area (Å²) in [5.74, 6) is 1.88. The maximum absolute atomic E-state index is 13.0. The molecule has 8 nitrogen and oxygen atoms in total. The molecule has 4 rings (SSSR count). The van der Waals surface area contributed by atoms with Gasteiger partial charge in [-0.1, -0.05) is 31.1 Å². The van der Waals surface area contributed by atoms with E-state index in [9.17, 15) is 9.18 Å². The van der Waals surface area contributed by atoms with Crippen LogP contribution in [-0.4, -0.2) is 52.2 Å². The summed E-state index contributed by atoms with van der Waals surface area (Å²) >= 11 is 0. The molecule has 2 amide bonds. The molecule has 9 heteroatoms. The zero-order valence-electron chi connectivity index (χ0n) is 17.6. The van der Waals surface area contributed by atoms with Crippen LogP contribution < -0.4 is 10.2 Å². The second kappa shape index (κ2) is 9.11. The van der Waals surface area contributed by atoms with Gasteiger partial charge in [-0.2, -0.15) is 4.98 Å². The van der Waals surface area contributed by atoms with Gasteiger partial charge in [0.1, 0.15) is 11.6 Å². The molecule has 0 radical (unpaired) electrons. The fourth-order valence-electron chi connectivity index (χ4n) is 3.32. The quantitative estimate of drug-likeness (QED) is 0.675. The predicted octanol–water partition coefficient (Wildman–Crippen LogP) is 3.43. The average Bonchev–Trinajstić information content (AvgIpc) is 3.30. The van der Waals surface area contributed by atoms with E-state index in [4.69, 9.17) is 4.52 Å². The first-order chi connectivity index (χ1) is 15.0. The average molecular weight is 424 g/mol. The molecule has 2 aromatic heterocycles. The van der Waals surface area contributed by atoms with Gasteiger partial charge < -0.3 is 19.6 Å². The topological polar surface area (TPSA) is 87.4 Å². The molecular formula is C22H25FN6O2. The number of amides is 2. The molecule has 1 fully saturated rings. The Bertz CT molecular complexity index is 1010.